The Kier molecular flexibility index (Phi) is 5.91. The summed E-state index contributed by atoms with van der Waals surface area (Å²) < 4.78 is 42.4. The minimum atomic E-state index is -1.85. The van der Waals surface area contributed by atoms with Crippen LogP contribution in [0.5, 0.6) is 0 Å². The van der Waals surface area contributed by atoms with E-state index in [1.165, 1.54) is 0 Å². The van der Waals surface area contributed by atoms with Gasteiger partial charge in [-0.2, -0.15) is 0 Å². The van der Waals surface area contributed by atoms with E-state index in [-0.39, 0.29) is 11.5 Å². The second-order valence-electron chi connectivity index (χ2n) is 3.64. The minimum Gasteiger partial charge on any atom is -0.465 e. The van der Waals surface area contributed by atoms with E-state index in [0.717, 1.165) is 25.0 Å². The smallest absolute Gasteiger partial charge is 0.318 e. The molecule has 1 atom stereocenters. The molecule has 0 aliphatic carbocycles. The van der Waals surface area contributed by atoms with E-state index in [9.17, 15) is 17.8 Å². The molecule has 0 amide bonds. The van der Waals surface area contributed by atoms with Crippen LogP contribution in [0, 0.1) is 11.6 Å². The van der Waals surface area contributed by atoms with Gasteiger partial charge in [-0.1, -0.05) is 13.3 Å². The van der Waals surface area contributed by atoms with E-state index in [0.29, 0.717) is 6.07 Å². The van der Waals surface area contributed by atoms with E-state index in [1.807, 2.05) is 6.92 Å². The Hall–Kier alpha value is -1.30. The number of ether oxygens (including phenoxy) is 1. The molecule has 0 N–H and O–H groups in total. The van der Waals surface area contributed by atoms with Crippen LogP contribution in [0.15, 0.2) is 23.1 Å². The van der Waals surface area contributed by atoms with Crippen LogP contribution in [0.25, 0.3) is 0 Å². The predicted molar refractivity (Wildman–Crippen MR) is 63.5 cm³/mol. The second-order valence-corrected chi connectivity index (χ2v) is 5.06. The van der Waals surface area contributed by atoms with E-state index >= 15 is 0 Å². The van der Waals surface area contributed by atoms with Gasteiger partial charge in [-0.3, -0.25) is 9.00 Å². The molecular formula is C12H14F2O3S. The van der Waals surface area contributed by atoms with Gasteiger partial charge >= 0.3 is 5.97 Å². The first-order chi connectivity index (χ1) is 8.54. The Balaban J connectivity index is 2.57. The van der Waals surface area contributed by atoms with Gasteiger partial charge in [0.25, 0.3) is 0 Å². The van der Waals surface area contributed by atoms with E-state index < -0.39 is 34.2 Å². The maximum Gasteiger partial charge on any atom is 0.318 e. The Labute approximate surface area is 107 Å². The number of benzene rings is 1. The molecule has 0 aromatic heterocycles. The molecule has 0 bridgehead atoms. The summed E-state index contributed by atoms with van der Waals surface area (Å²) in [6.45, 7) is 2.21. The van der Waals surface area contributed by atoms with Gasteiger partial charge in [0.15, 0.2) is 0 Å². The molecular weight excluding hydrogens is 262 g/mol. The van der Waals surface area contributed by atoms with Crippen molar-refractivity contribution in [2.75, 3.05) is 12.4 Å². The lowest BCUT2D eigenvalue weighted by atomic mass is 10.3. The van der Waals surface area contributed by atoms with Crippen LogP contribution in [0.4, 0.5) is 8.78 Å². The summed E-state index contributed by atoms with van der Waals surface area (Å²) in [5.74, 6) is -2.74. The zero-order valence-corrected chi connectivity index (χ0v) is 10.8. The van der Waals surface area contributed by atoms with Gasteiger partial charge in [-0.05, 0) is 18.6 Å². The number of halogens is 2. The Morgan fingerprint density at radius 3 is 2.72 bits per heavy atom. The average molecular weight is 276 g/mol. The first-order valence-corrected chi connectivity index (χ1v) is 6.85. The fraction of sp³-hybridized carbons (Fsp3) is 0.417. The molecule has 3 nitrogen and oxygen atoms in total. The van der Waals surface area contributed by atoms with Gasteiger partial charge in [0.05, 0.1) is 22.3 Å². The molecule has 6 heteroatoms. The third kappa shape index (κ3) is 4.52. The van der Waals surface area contributed by atoms with E-state index in [1.54, 1.807) is 0 Å². The Bertz CT molecular complexity index is 449. The summed E-state index contributed by atoms with van der Waals surface area (Å²) in [6.07, 6.45) is 1.60. The van der Waals surface area contributed by atoms with Crippen LogP contribution in [0.3, 0.4) is 0 Å². The van der Waals surface area contributed by atoms with Crippen LogP contribution in [-0.2, 0) is 20.3 Å². The summed E-state index contributed by atoms with van der Waals surface area (Å²) in [7, 11) is -1.85. The van der Waals surface area contributed by atoms with Crippen molar-refractivity contribution in [3.8, 4) is 0 Å². The molecule has 0 spiro atoms. The highest BCUT2D eigenvalue weighted by atomic mass is 32.2. The predicted octanol–water partition coefficient (Wildman–Crippen LogP) is 2.42. The fourth-order valence-electron chi connectivity index (χ4n) is 1.22. The highest BCUT2D eigenvalue weighted by molar-refractivity contribution is 7.85. The molecule has 0 aliphatic rings. The molecule has 1 unspecified atom stereocenters. The summed E-state index contributed by atoms with van der Waals surface area (Å²) in [6, 6.07) is 2.70. The number of carbonyl (C=O) groups excluding carboxylic acids is 1. The van der Waals surface area contributed by atoms with Crippen LogP contribution >= 0.6 is 0 Å². The topological polar surface area (TPSA) is 43.4 Å². The number of unbranched alkanes of at least 4 members (excludes halogenated alkanes) is 1. The highest BCUT2D eigenvalue weighted by Gasteiger charge is 2.15. The van der Waals surface area contributed by atoms with Crippen molar-refractivity contribution >= 4 is 16.8 Å². The number of esters is 1. The number of hydrogen-bond donors (Lipinski definition) is 0. The maximum absolute atomic E-state index is 13.3. The van der Waals surface area contributed by atoms with Crippen molar-refractivity contribution in [3.63, 3.8) is 0 Å². The van der Waals surface area contributed by atoms with Crippen molar-refractivity contribution in [1.29, 1.82) is 0 Å². The first kappa shape index (κ1) is 14.8. The average Bonchev–Trinajstić information content (AvgIpc) is 2.28. The largest absolute Gasteiger partial charge is 0.465 e. The van der Waals surface area contributed by atoms with Gasteiger partial charge < -0.3 is 4.74 Å². The van der Waals surface area contributed by atoms with E-state index in [4.69, 9.17) is 4.74 Å². The summed E-state index contributed by atoms with van der Waals surface area (Å²) >= 11 is 0. The Morgan fingerprint density at radius 1 is 1.39 bits per heavy atom. The highest BCUT2D eigenvalue weighted by Crippen LogP contribution is 2.14. The second kappa shape index (κ2) is 7.20. The molecule has 1 aromatic carbocycles. The lowest BCUT2D eigenvalue weighted by Crippen LogP contribution is -2.15. The molecule has 0 saturated heterocycles. The molecule has 0 aliphatic heterocycles. The molecule has 0 saturated carbocycles. The Morgan fingerprint density at radius 2 is 2.11 bits per heavy atom. The summed E-state index contributed by atoms with van der Waals surface area (Å²) in [5.41, 5.74) is 0. The quantitative estimate of drug-likeness (QED) is 0.592. The van der Waals surface area contributed by atoms with Crippen LogP contribution in [0.2, 0.25) is 0 Å². The van der Waals surface area contributed by atoms with Crippen molar-refractivity contribution in [3.05, 3.63) is 29.8 Å². The third-order valence-electron chi connectivity index (χ3n) is 2.15. The summed E-state index contributed by atoms with van der Waals surface area (Å²) in [5, 5.41) is 0. The van der Waals surface area contributed by atoms with Crippen molar-refractivity contribution in [2.45, 2.75) is 24.7 Å². The van der Waals surface area contributed by atoms with Crippen molar-refractivity contribution in [2.24, 2.45) is 0 Å². The van der Waals surface area contributed by atoms with Crippen LogP contribution < -0.4 is 0 Å². The van der Waals surface area contributed by atoms with Gasteiger partial charge in [0, 0.05) is 6.07 Å². The SMILES string of the molecule is CCCCOC(=O)CS(=O)c1ccc(F)cc1F. The lowest BCUT2D eigenvalue weighted by Gasteiger charge is -2.05. The molecule has 0 fully saturated rings. The third-order valence-corrected chi connectivity index (χ3v) is 3.47. The fourth-order valence-corrected chi connectivity index (χ4v) is 2.17. The van der Waals surface area contributed by atoms with Gasteiger partial charge in [-0.15, -0.1) is 0 Å². The standard InChI is InChI=1S/C12H14F2O3S/c1-2-3-6-17-12(15)8-18(16)11-5-4-9(13)7-10(11)14/h4-5,7H,2-3,6,8H2,1H3. The van der Waals surface area contributed by atoms with Gasteiger partial charge in [0.2, 0.25) is 0 Å². The zero-order chi connectivity index (χ0) is 13.5. The van der Waals surface area contributed by atoms with Gasteiger partial charge in [0.1, 0.15) is 17.4 Å². The minimum absolute atomic E-state index is 0.191. The zero-order valence-electron chi connectivity index (χ0n) is 9.95. The maximum atomic E-state index is 13.3. The lowest BCUT2D eigenvalue weighted by molar-refractivity contribution is -0.140. The number of carbonyl (C=O) groups is 1. The molecule has 0 radical (unpaired) electrons. The van der Waals surface area contributed by atoms with Crippen LogP contribution in [-0.4, -0.2) is 22.5 Å². The number of rotatable bonds is 6. The molecule has 0 heterocycles. The number of hydrogen-bond acceptors (Lipinski definition) is 3. The van der Waals surface area contributed by atoms with Crippen LogP contribution in [0.1, 0.15) is 19.8 Å². The van der Waals surface area contributed by atoms with Crippen molar-refractivity contribution in [1.82, 2.24) is 0 Å². The summed E-state index contributed by atoms with van der Waals surface area (Å²) in [4.78, 5) is 11.1. The first-order valence-electron chi connectivity index (χ1n) is 5.53. The molecule has 18 heavy (non-hydrogen) atoms. The van der Waals surface area contributed by atoms with Gasteiger partial charge in [-0.25, -0.2) is 8.78 Å². The molecule has 1 rings (SSSR count). The normalized spacial score (nSPS) is 12.2. The molecule has 100 valence electrons. The molecule has 1 aromatic rings. The van der Waals surface area contributed by atoms with E-state index in [2.05, 4.69) is 0 Å². The monoisotopic (exact) mass is 276 g/mol. The van der Waals surface area contributed by atoms with Crippen molar-refractivity contribution < 1.29 is 22.5 Å².